The van der Waals surface area contributed by atoms with Crippen LogP contribution in [-0.4, -0.2) is 28.1 Å². The summed E-state index contributed by atoms with van der Waals surface area (Å²) >= 11 is 0. The number of aromatic amines is 2. The second kappa shape index (κ2) is 6.72. The van der Waals surface area contributed by atoms with Crippen molar-refractivity contribution >= 4 is 24.5 Å². The van der Waals surface area contributed by atoms with Gasteiger partial charge >= 0.3 is 5.69 Å². The molecule has 5 N–H and O–H groups in total. The minimum Gasteiger partial charge on any atom is -0.320 e. The van der Waals surface area contributed by atoms with Gasteiger partial charge in [0.25, 0.3) is 11.5 Å². The number of nitrogens with one attached hydrogen (secondary N) is 3. The van der Waals surface area contributed by atoms with E-state index < -0.39 is 23.2 Å². The summed E-state index contributed by atoms with van der Waals surface area (Å²) in [5, 5.41) is 3.57. The number of amides is 1. The summed E-state index contributed by atoms with van der Waals surface area (Å²) in [7, 11) is 0. The SMILES string of the molecule is Cc1[nH]c(=O)[nH]c(=O)c1/C=N/NC(=O)[C@H](C)N.Cl. The Morgan fingerprint density at radius 1 is 1.44 bits per heavy atom. The first-order valence-electron chi connectivity index (χ1n) is 4.83. The number of aryl methyl sites for hydroxylation is 1. The van der Waals surface area contributed by atoms with Crippen LogP contribution in [0.2, 0.25) is 0 Å². The predicted molar refractivity (Wildman–Crippen MR) is 69.1 cm³/mol. The molecule has 1 heterocycles. The van der Waals surface area contributed by atoms with Crippen molar-refractivity contribution in [1.29, 1.82) is 0 Å². The predicted octanol–water partition coefficient (Wildman–Crippen LogP) is -1.41. The van der Waals surface area contributed by atoms with Gasteiger partial charge in [-0.25, -0.2) is 10.2 Å². The molecule has 1 amide bonds. The normalized spacial score (nSPS) is 11.9. The molecule has 100 valence electrons. The fourth-order valence-electron chi connectivity index (χ4n) is 1.03. The average Bonchev–Trinajstić information content (AvgIpc) is 2.21. The van der Waals surface area contributed by atoms with Gasteiger partial charge < -0.3 is 10.7 Å². The van der Waals surface area contributed by atoms with Gasteiger partial charge in [0, 0.05) is 5.69 Å². The number of carbonyl (C=O) groups is 1. The quantitative estimate of drug-likeness (QED) is 0.398. The van der Waals surface area contributed by atoms with Crippen LogP contribution in [0.1, 0.15) is 18.2 Å². The third-order valence-electron chi connectivity index (χ3n) is 1.96. The summed E-state index contributed by atoms with van der Waals surface area (Å²) in [6.07, 6.45) is 1.14. The molecule has 0 saturated heterocycles. The van der Waals surface area contributed by atoms with Gasteiger partial charge in [-0.1, -0.05) is 0 Å². The molecule has 1 atom stereocenters. The Balaban J connectivity index is 0.00000289. The Morgan fingerprint density at radius 3 is 2.56 bits per heavy atom. The van der Waals surface area contributed by atoms with Gasteiger partial charge in [0.15, 0.2) is 0 Å². The minimum atomic E-state index is -0.692. The topological polar surface area (TPSA) is 133 Å². The molecule has 0 aliphatic carbocycles. The maximum atomic E-state index is 11.4. The fraction of sp³-hybridized carbons (Fsp3) is 0.333. The van der Waals surface area contributed by atoms with E-state index in [1.807, 2.05) is 4.98 Å². The number of H-pyrrole nitrogens is 2. The summed E-state index contributed by atoms with van der Waals surface area (Å²) < 4.78 is 0. The number of aromatic nitrogens is 2. The average molecular weight is 276 g/mol. The van der Waals surface area contributed by atoms with Gasteiger partial charge in [0.1, 0.15) is 0 Å². The molecule has 0 aliphatic heterocycles. The van der Waals surface area contributed by atoms with Crippen LogP contribution in [-0.2, 0) is 4.79 Å². The zero-order valence-corrected chi connectivity index (χ0v) is 10.6. The lowest BCUT2D eigenvalue weighted by atomic mass is 10.2. The lowest BCUT2D eigenvalue weighted by Gasteiger charge is -2.02. The van der Waals surface area contributed by atoms with Gasteiger partial charge in [-0.2, -0.15) is 5.10 Å². The number of carbonyl (C=O) groups excluding carboxylic acids is 1. The van der Waals surface area contributed by atoms with Crippen molar-refractivity contribution in [2.24, 2.45) is 10.8 Å². The molecule has 0 aromatic carbocycles. The molecule has 0 unspecified atom stereocenters. The number of halogens is 1. The van der Waals surface area contributed by atoms with Crippen molar-refractivity contribution in [2.45, 2.75) is 19.9 Å². The second-order valence-corrected chi connectivity index (χ2v) is 3.47. The molecule has 1 rings (SSSR count). The molecule has 1 aromatic rings. The molecular formula is C9H14ClN5O3. The molecule has 0 spiro atoms. The fourth-order valence-corrected chi connectivity index (χ4v) is 1.03. The first-order valence-corrected chi connectivity index (χ1v) is 4.83. The van der Waals surface area contributed by atoms with Crippen LogP contribution in [0.3, 0.4) is 0 Å². The van der Waals surface area contributed by atoms with Crippen molar-refractivity contribution in [3.8, 4) is 0 Å². The maximum Gasteiger partial charge on any atom is 0.325 e. The largest absolute Gasteiger partial charge is 0.325 e. The van der Waals surface area contributed by atoms with Gasteiger partial charge in [-0.15, -0.1) is 12.4 Å². The molecule has 0 fully saturated rings. The lowest BCUT2D eigenvalue weighted by molar-refractivity contribution is -0.121. The van der Waals surface area contributed by atoms with Gasteiger partial charge in [0.05, 0.1) is 17.8 Å². The molecule has 0 radical (unpaired) electrons. The van der Waals surface area contributed by atoms with Gasteiger partial charge in [-0.3, -0.25) is 14.6 Å². The van der Waals surface area contributed by atoms with E-state index in [2.05, 4.69) is 15.5 Å². The van der Waals surface area contributed by atoms with Crippen LogP contribution in [0.5, 0.6) is 0 Å². The van der Waals surface area contributed by atoms with Crippen LogP contribution >= 0.6 is 12.4 Å². The molecular weight excluding hydrogens is 262 g/mol. The van der Waals surface area contributed by atoms with Gasteiger partial charge in [-0.05, 0) is 13.8 Å². The number of hydrazone groups is 1. The second-order valence-electron chi connectivity index (χ2n) is 3.47. The lowest BCUT2D eigenvalue weighted by Crippen LogP contribution is -2.35. The summed E-state index contributed by atoms with van der Waals surface area (Å²) in [5.74, 6) is -0.472. The minimum absolute atomic E-state index is 0. The van der Waals surface area contributed by atoms with E-state index >= 15 is 0 Å². The van der Waals surface area contributed by atoms with Crippen molar-refractivity contribution in [3.63, 3.8) is 0 Å². The molecule has 0 bridgehead atoms. The van der Waals surface area contributed by atoms with Crippen LogP contribution < -0.4 is 22.4 Å². The van der Waals surface area contributed by atoms with Crippen molar-refractivity contribution in [2.75, 3.05) is 0 Å². The maximum absolute atomic E-state index is 11.4. The standard InChI is InChI=1S/C9H13N5O3.ClH/c1-4(10)7(15)14-11-3-6-5(2)12-9(17)13-8(6)16;/h3-4H,10H2,1-2H3,(H,14,15)(H2,12,13,16,17);1H/b11-3+;/t4-;/m0./s1. The van der Waals surface area contributed by atoms with E-state index in [0.717, 1.165) is 6.21 Å². The highest BCUT2D eigenvalue weighted by Crippen LogP contribution is 1.89. The third-order valence-corrected chi connectivity index (χ3v) is 1.96. The van der Waals surface area contributed by atoms with E-state index in [-0.39, 0.29) is 18.0 Å². The van der Waals surface area contributed by atoms with Crippen molar-refractivity contribution in [1.82, 2.24) is 15.4 Å². The Kier molecular flexibility index (Phi) is 6.00. The first-order chi connectivity index (χ1) is 7.91. The number of hydrogen-bond donors (Lipinski definition) is 4. The smallest absolute Gasteiger partial charge is 0.320 e. The summed E-state index contributed by atoms with van der Waals surface area (Å²) in [6.45, 7) is 3.05. The molecule has 18 heavy (non-hydrogen) atoms. The molecule has 1 aromatic heterocycles. The Hall–Kier alpha value is -1.93. The van der Waals surface area contributed by atoms with Gasteiger partial charge in [0.2, 0.25) is 0 Å². The highest BCUT2D eigenvalue weighted by molar-refractivity contribution is 5.85. The molecule has 8 nitrogen and oxygen atoms in total. The highest BCUT2D eigenvalue weighted by atomic mass is 35.5. The van der Waals surface area contributed by atoms with Crippen LogP contribution in [0.4, 0.5) is 0 Å². The zero-order chi connectivity index (χ0) is 13.0. The zero-order valence-electron chi connectivity index (χ0n) is 9.81. The Morgan fingerprint density at radius 2 is 2.06 bits per heavy atom. The molecule has 0 aliphatic rings. The van der Waals surface area contributed by atoms with E-state index in [1.54, 1.807) is 6.92 Å². The monoisotopic (exact) mass is 275 g/mol. The van der Waals surface area contributed by atoms with Crippen LogP contribution in [0.15, 0.2) is 14.7 Å². The van der Waals surface area contributed by atoms with E-state index in [1.165, 1.54) is 6.92 Å². The summed E-state index contributed by atoms with van der Waals surface area (Å²) in [6, 6.07) is -0.692. The third kappa shape index (κ3) is 4.15. The highest BCUT2D eigenvalue weighted by Gasteiger charge is 2.05. The Bertz CT molecular complexity index is 560. The number of hydrogen-bond acceptors (Lipinski definition) is 5. The van der Waals surface area contributed by atoms with Crippen LogP contribution in [0, 0.1) is 6.92 Å². The van der Waals surface area contributed by atoms with Crippen molar-refractivity contribution in [3.05, 3.63) is 32.1 Å². The Labute approximate surface area is 108 Å². The van der Waals surface area contributed by atoms with E-state index in [4.69, 9.17) is 5.73 Å². The summed E-state index contributed by atoms with van der Waals surface area (Å²) in [5.41, 5.74) is 6.80. The van der Waals surface area contributed by atoms with E-state index in [0.29, 0.717) is 5.69 Å². The van der Waals surface area contributed by atoms with Crippen molar-refractivity contribution < 1.29 is 4.79 Å². The number of nitrogens with zero attached hydrogens (tertiary/aromatic N) is 1. The van der Waals surface area contributed by atoms with E-state index in [9.17, 15) is 14.4 Å². The summed E-state index contributed by atoms with van der Waals surface area (Å²) in [4.78, 5) is 37.8. The number of rotatable bonds is 3. The van der Waals surface area contributed by atoms with Crippen LogP contribution in [0.25, 0.3) is 0 Å². The number of nitrogens with two attached hydrogens (primary N) is 1. The first kappa shape index (κ1) is 16.1. The molecule has 0 saturated carbocycles. The molecule has 9 heteroatoms.